The number of benzene rings is 1. The van der Waals surface area contributed by atoms with Crippen LogP contribution in [0, 0.1) is 0 Å². The van der Waals surface area contributed by atoms with E-state index < -0.39 is 5.97 Å². The number of carboxylic acids is 1. The number of carbonyl (C=O) groups is 2. The number of nitrogens with one attached hydrogen (secondary N) is 1. The molecule has 0 aromatic heterocycles. The van der Waals surface area contributed by atoms with E-state index in [1.807, 2.05) is 37.3 Å². The molecule has 2 N–H and O–H groups in total. The minimum atomic E-state index is -1.06. The highest BCUT2D eigenvalue weighted by Crippen LogP contribution is 2.07. The zero-order chi connectivity index (χ0) is 15.1. The fraction of sp³-hybridized carbons (Fsp3) is 0.375. The van der Waals surface area contributed by atoms with Crippen molar-refractivity contribution in [1.82, 2.24) is 5.32 Å². The van der Waals surface area contributed by atoms with Crippen molar-refractivity contribution in [1.29, 1.82) is 0 Å². The molecule has 1 amide bonds. The van der Waals surface area contributed by atoms with E-state index in [-0.39, 0.29) is 23.1 Å². The molecule has 0 aliphatic heterocycles. The summed E-state index contributed by atoms with van der Waals surface area (Å²) < 4.78 is 0. The minimum Gasteiger partial charge on any atom is -0.478 e. The van der Waals surface area contributed by atoms with Crippen LogP contribution in [-0.4, -0.2) is 23.0 Å². The first kappa shape index (κ1) is 16.0. The largest absolute Gasteiger partial charge is 0.478 e. The number of carboxylic acid groups (broad SMARTS) is 1. The quantitative estimate of drug-likeness (QED) is 0.784. The van der Waals surface area contributed by atoms with Crippen molar-refractivity contribution in [2.24, 2.45) is 0 Å². The third-order valence-electron chi connectivity index (χ3n) is 3.31. The normalized spacial score (nSPS) is 13.3. The van der Waals surface area contributed by atoms with Gasteiger partial charge in [-0.3, -0.25) is 4.79 Å². The monoisotopic (exact) mass is 275 g/mol. The van der Waals surface area contributed by atoms with Gasteiger partial charge in [0.2, 0.25) is 5.91 Å². The molecule has 4 heteroatoms. The first-order chi connectivity index (χ1) is 9.41. The molecule has 4 nitrogen and oxygen atoms in total. The van der Waals surface area contributed by atoms with Gasteiger partial charge < -0.3 is 10.4 Å². The second-order valence-electron chi connectivity index (χ2n) is 4.95. The summed E-state index contributed by atoms with van der Waals surface area (Å²) in [6.07, 6.45) is 1.69. The summed E-state index contributed by atoms with van der Waals surface area (Å²) >= 11 is 0. The van der Waals surface area contributed by atoms with Gasteiger partial charge in [-0.25, -0.2) is 4.79 Å². The summed E-state index contributed by atoms with van der Waals surface area (Å²) in [7, 11) is 0. The van der Waals surface area contributed by atoms with Crippen LogP contribution in [0.25, 0.3) is 0 Å². The second-order valence-corrected chi connectivity index (χ2v) is 4.95. The predicted octanol–water partition coefficient (Wildman–Crippen LogP) is 2.54. The van der Waals surface area contributed by atoms with E-state index in [0.717, 1.165) is 12.8 Å². The number of amides is 1. The number of carbonyl (C=O) groups excluding carboxylic acids is 1. The van der Waals surface area contributed by atoms with Gasteiger partial charge in [0.25, 0.3) is 0 Å². The molecule has 108 valence electrons. The molecular formula is C16H21NO3. The standard InChI is InChI=1S/C16H21NO3/c1-11(9-10-14-7-5-4-6-8-14)17-15(18)12(2)13(3)16(19)20/h4-8,11H,9-10H2,1-3H3,(H,17,18)(H,19,20). The van der Waals surface area contributed by atoms with Crippen molar-refractivity contribution in [3.05, 3.63) is 47.0 Å². The SMILES string of the molecule is CC(C(=O)O)=C(C)C(=O)NC(C)CCc1ccccc1. The highest BCUT2D eigenvalue weighted by molar-refractivity contribution is 6.01. The van der Waals surface area contributed by atoms with Crippen LogP contribution >= 0.6 is 0 Å². The minimum absolute atomic E-state index is 0.000693. The van der Waals surface area contributed by atoms with Gasteiger partial charge in [-0.05, 0) is 39.2 Å². The molecule has 0 aliphatic rings. The molecule has 0 saturated carbocycles. The Balaban J connectivity index is 2.50. The van der Waals surface area contributed by atoms with Crippen LogP contribution in [0.5, 0.6) is 0 Å². The van der Waals surface area contributed by atoms with Gasteiger partial charge in [0.1, 0.15) is 0 Å². The van der Waals surface area contributed by atoms with Gasteiger partial charge in [0.05, 0.1) is 0 Å². The molecule has 1 unspecified atom stereocenters. The van der Waals surface area contributed by atoms with E-state index in [4.69, 9.17) is 5.11 Å². The molecule has 0 fully saturated rings. The van der Waals surface area contributed by atoms with E-state index in [0.29, 0.717) is 0 Å². The third kappa shape index (κ3) is 4.88. The van der Waals surface area contributed by atoms with Crippen LogP contribution in [0.15, 0.2) is 41.5 Å². The Morgan fingerprint density at radius 1 is 1.15 bits per heavy atom. The number of rotatable bonds is 6. The van der Waals surface area contributed by atoms with E-state index >= 15 is 0 Å². The van der Waals surface area contributed by atoms with Gasteiger partial charge in [0.15, 0.2) is 0 Å². The molecular weight excluding hydrogens is 254 g/mol. The average Bonchev–Trinajstić information content (AvgIpc) is 2.44. The van der Waals surface area contributed by atoms with Crippen molar-refractivity contribution < 1.29 is 14.7 Å². The lowest BCUT2D eigenvalue weighted by Crippen LogP contribution is -2.34. The molecule has 0 bridgehead atoms. The molecule has 1 aromatic carbocycles. The van der Waals surface area contributed by atoms with Crippen molar-refractivity contribution in [3.63, 3.8) is 0 Å². The number of aliphatic carboxylic acids is 1. The fourth-order valence-electron chi connectivity index (χ4n) is 1.76. The first-order valence-electron chi connectivity index (χ1n) is 6.67. The van der Waals surface area contributed by atoms with E-state index in [1.165, 1.54) is 19.4 Å². The zero-order valence-electron chi connectivity index (χ0n) is 12.1. The summed E-state index contributed by atoms with van der Waals surface area (Å²) in [5.74, 6) is -1.37. The molecule has 1 atom stereocenters. The Labute approximate surface area is 119 Å². The molecule has 1 aromatic rings. The molecule has 0 spiro atoms. The van der Waals surface area contributed by atoms with E-state index in [9.17, 15) is 9.59 Å². The summed E-state index contributed by atoms with van der Waals surface area (Å²) in [6.45, 7) is 4.89. The molecule has 20 heavy (non-hydrogen) atoms. The Morgan fingerprint density at radius 3 is 2.30 bits per heavy atom. The average molecular weight is 275 g/mol. The maximum atomic E-state index is 11.9. The smallest absolute Gasteiger partial charge is 0.331 e. The van der Waals surface area contributed by atoms with Gasteiger partial charge >= 0.3 is 5.97 Å². The number of aryl methyl sites for hydroxylation is 1. The molecule has 1 rings (SSSR count). The zero-order valence-corrected chi connectivity index (χ0v) is 12.1. The van der Waals surface area contributed by atoms with Crippen molar-refractivity contribution in [3.8, 4) is 0 Å². The third-order valence-corrected chi connectivity index (χ3v) is 3.31. The molecule has 0 heterocycles. The highest BCUT2D eigenvalue weighted by atomic mass is 16.4. The fourth-order valence-corrected chi connectivity index (χ4v) is 1.76. The lowest BCUT2D eigenvalue weighted by atomic mass is 10.1. The lowest BCUT2D eigenvalue weighted by molar-refractivity contribution is -0.133. The molecule has 0 aliphatic carbocycles. The summed E-state index contributed by atoms with van der Waals surface area (Å²) in [6, 6.07) is 10.0. The van der Waals surface area contributed by atoms with E-state index in [2.05, 4.69) is 5.32 Å². The van der Waals surface area contributed by atoms with Crippen LogP contribution in [0.3, 0.4) is 0 Å². The Bertz CT molecular complexity index is 506. The van der Waals surface area contributed by atoms with Crippen LogP contribution in [-0.2, 0) is 16.0 Å². The summed E-state index contributed by atoms with van der Waals surface area (Å²) in [5.41, 5.74) is 1.56. The topological polar surface area (TPSA) is 66.4 Å². The summed E-state index contributed by atoms with van der Waals surface area (Å²) in [5, 5.41) is 11.7. The van der Waals surface area contributed by atoms with Gasteiger partial charge in [0, 0.05) is 17.2 Å². The van der Waals surface area contributed by atoms with Crippen LogP contribution in [0.1, 0.15) is 32.8 Å². The Morgan fingerprint density at radius 2 is 1.75 bits per heavy atom. The maximum absolute atomic E-state index is 11.9. The van der Waals surface area contributed by atoms with Crippen molar-refractivity contribution in [2.75, 3.05) is 0 Å². The second kappa shape index (κ2) is 7.48. The molecule has 0 saturated heterocycles. The van der Waals surface area contributed by atoms with Crippen LogP contribution in [0.2, 0.25) is 0 Å². The Kier molecular flexibility index (Phi) is 5.97. The lowest BCUT2D eigenvalue weighted by Gasteiger charge is -2.14. The van der Waals surface area contributed by atoms with Gasteiger partial charge in [-0.15, -0.1) is 0 Å². The maximum Gasteiger partial charge on any atom is 0.331 e. The number of hydrogen-bond donors (Lipinski definition) is 2. The predicted molar refractivity (Wildman–Crippen MR) is 78.4 cm³/mol. The van der Waals surface area contributed by atoms with E-state index in [1.54, 1.807) is 0 Å². The first-order valence-corrected chi connectivity index (χ1v) is 6.67. The van der Waals surface area contributed by atoms with Crippen molar-refractivity contribution >= 4 is 11.9 Å². The Hall–Kier alpha value is -2.10. The van der Waals surface area contributed by atoms with Crippen LogP contribution in [0.4, 0.5) is 0 Å². The number of hydrogen-bond acceptors (Lipinski definition) is 2. The summed E-state index contributed by atoms with van der Waals surface area (Å²) in [4.78, 5) is 22.7. The highest BCUT2D eigenvalue weighted by Gasteiger charge is 2.14. The van der Waals surface area contributed by atoms with Crippen molar-refractivity contribution in [2.45, 2.75) is 39.7 Å². The molecule has 0 radical (unpaired) electrons. The van der Waals surface area contributed by atoms with Gasteiger partial charge in [-0.2, -0.15) is 0 Å². The van der Waals surface area contributed by atoms with Crippen LogP contribution < -0.4 is 5.32 Å². The van der Waals surface area contributed by atoms with Gasteiger partial charge in [-0.1, -0.05) is 30.3 Å².